The Morgan fingerprint density at radius 2 is 1.32 bits per heavy atom. The summed E-state index contributed by atoms with van der Waals surface area (Å²) in [6.07, 6.45) is 3.10. The van der Waals surface area contributed by atoms with Crippen molar-refractivity contribution in [1.82, 2.24) is 4.90 Å². The van der Waals surface area contributed by atoms with E-state index in [0.717, 1.165) is 56.0 Å². The highest BCUT2D eigenvalue weighted by atomic mass is 32.1. The Morgan fingerprint density at radius 3 is 1.65 bits per heavy atom. The summed E-state index contributed by atoms with van der Waals surface area (Å²) < 4.78 is 6.16. The number of carbonyl (C=O) groups excluding carboxylic acids is 1. The van der Waals surface area contributed by atoms with Crippen LogP contribution in [0.5, 0.6) is 0 Å². The molecule has 0 atom stereocenters. The second-order valence-electron chi connectivity index (χ2n) is 12.1. The van der Waals surface area contributed by atoms with Gasteiger partial charge in [0.1, 0.15) is 4.51 Å². The number of ether oxygens (including phenoxy) is 1. The fraction of sp³-hybridized carbons (Fsp3) is 0.788. The summed E-state index contributed by atoms with van der Waals surface area (Å²) in [6.45, 7) is 31.7. The van der Waals surface area contributed by atoms with Crippen molar-refractivity contribution in [2.45, 2.75) is 115 Å². The SMILES string of the molecule is CC.CC1=C(C(C)(C)C)C(=O)C1.CCC.CCCN(C)CCOCCN(C)c1c(C(C)(C)C)c(=O)c1=S.CCN. The Balaban J connectivity index is -0.000000625. The van der Waals surface area contributed by atoms with Crippen LogP contribution in [0.1, 0.15) is 115 Å². The quantitative estimate of drug-likeness (QED) is 0.239. The predicted molar refractivity (Wildman–Crippen MR) is 180 cm³/mol. The molecular formula is C33H65N3O3S. The van der Waals surface area contributed by atoms with Gasteiger partial charge >= 0.3 is 0 Å². The first kappa shape index (κ1) is 43.0. The van der Waals surface area contributed by atoms with E-state index >= 15 is 0 Å². The number of hydrogen-bond acceptors (Lipinski definition) is 7. The van der Waals surface area contributed by atoms with Crippen LogP contribution in [-0.2, 0) is 14.9 Å². The van der Waals surface area contributed by atoms with Crippen molar-refractivity contribution in [3.63, 3.8) is 0 Å². The van der Waals surface area contributed by atoms with Gasteiger partial charge in [0.15, 0.2) is 5.78 Å². The number of Topliss-reactive ketones (excluding diaryl/α,β-unsaturated/α-hetero) is 1. The van der Waals surface area contributed by atoms with E-state index in [9.17, 15) is 9.59 Å². The van der Waals surface area contributed by atoms with Crippen LogP contribution in [0, 0.1) is 9.93 Å². The Labute approximate surface area is 253 Å². The highest BCUT2D eigenvalue weighted by Gasteiger charge is 2.32. The van der Waals surface area contributed by atoms with Crippen molar-refractivity contribution in [3.8, 4) is 0 Å². The molecule has 1 aromatic rings. The number of allylic oxidation sites excluding steroid dienone is 2. The van der Waals surface area contributed by atoms with E-state index in [1.807, 2.05) is 34.7 Å². The van der Waals surface area contributed by atoms with Gasteiger partial charge in [0.25, 0.3) is 0 Å². The van der Waals surface area contributed by atoms with Gasteiger partial charge in [-0.3, -0.25) is 9.59 Å². The number of nitrogens with zero attached hydrogens (tertiary/aromatic N) is 2. The largest absolute Gasteiger partial charge is 0.378 e. The molecule has 1 aromatic carbocycles. The van der Waals surface area contributed by atoms with Crippen molar-refractivity contribution in [1.29, 1.82) is 0 Å². The molecule has 236 valence electrons. The lowest BCUT2D eigenvalue weighted by Gasteiger charge is -2.30. The Hall–Kier alpha value is -1.41. The average molecular weight is 584 g/mol. The molecule has 0 spiro atoms. The van der Waals surface area contributed by atoms with Gasteiger partial charge < -0.3 is 20.3 Å². The fourth-order valence-electron chi connectivity index (χ4n) is 4.18. The lowest BCUT2D eigenvalue weighted by Crippen LogP contribution is -2.36. The van der Waals surface area contributed by atoms with Gasteiger partial charge in [-0.05, 0) is 44.3 Å². The number of carbonyl (C=O) groups is 1. The molecule has 1 aliphatic carbocycles. The standard InChI is InChI=1S/C17H30N2O2S.C9H14O.C3H8.C2H7N.C2H6/c1-7-8-18(5)9-11-21-12-10-19(6)14-13(17(2,3)4)15(20)16(14)22;1-6-5-7(10)8(6)9(2,3)4;1-3-2;1-2-3;1-2/h7-12H2,1-6H3;5H2,1-4H3;3H2,1-2H3;2-3H2,1H3;1-2H3. The molecule has 0 unspecified atom stereocenters. The molecule has 0 heterocycles. The van der Waals surface area contributed by atoms with Gasteiger partial charge in [0.2, 0.25) is 5.43 Å². The minimum atomic E-state index is -0.160. The van der Waals surface area contributed by atoms with Crippen molar-refractivity contribution in [2.75, 3.05) is 58.4 Å². The van der Waals surface area contributed by atoms with Gasteiger partial charge in [0.05, 0.1) is 18.9 Å². The van der Waals surface area contributed by atoms with Crippen LogP contribution in [-0.4, -0.2) is 64.2 Å². The van der Waals surface area contributed by atoms with Crippen LogP contribution in [0.4, 0.5) is 5.69 Å². The number of ketones is 1. The minimum absolute atomic E-state index is 0.0338. The minimum Gasteiger partial charge on any atom is -0.378 e. The highest BCUT2D eigenvalue weighted by Crippen LogP contribution is 2.37. The van der Waals surface area contributed by atoms with E-state index in [1.54, 1.807) is 0 Å². The van der Waals surface area contributed by atoms with E-state index in [4.69, 9.17) is 22.7 Å². The maximum Gasteiger partial charge on any atom is 0.204 e. The summed E-state index contributed by atoms with van der Waals surface area (Å²) in [5.41, 5.74) is 8.89. The summed E-state index contributed by atoms with van der Waals surface area (Å²) in [5.74, 6) is 0.338. The fourth-order valence-corrected chi connectivity index (χ4v) is 4.54. The van der Waals surface area contributed by atoms with Crippen LogP contribution in [0.2, 0.25) is 0 Å². The predicted octanol–water partition coefficient (Wildman–Crippen LogP) is 7.47. The number of hydrogen-bond donors (Lipinski definition) is 1. The molecule has 40 heavy (non-hydrogen) atoms. The molecule has 0 amide bonds. The maximum absolute atomic E-state index is 12.0. The van der Waals surface area contributed by atoms with Gasteiger partial charge in [-0.15, -0.1) is 0 Å². The zero-order chi connectivity index (χ0) is 32.3. The molecule has 0 saturated carbocycles. The summed E-state index contributed by atoms with van der Waals surface area (Å²) in [6, 6.07) is 0. The van der Waals surface area contributed by atoms with E-state index in [2.05, 4.69) is 79.2 Å². The van der Waals surface area contributed by atoms with Gasteiger partial charge in [-0.1, -0.05) is 107 Å². The first-order chi connectivity index (χ1) is 18.5. The number of nitrogens with two attached hydrogens (primary N) is 1. The molecule has 0 radical (unpaired) electrons. The molecule has 0 aromatic heterocycles. The molecule has 7 heteroatoms. The normalized spacial score (nSPS) is 12.7. The van der Waals surface area contributed by atoms with Crippen LogP contribution < -0.4 is 16.1 Å². The van der Waals surface area contributed by atoms with Crippen molar-refractivity contribution < 1.29 is 9.53 Å². The molecule has 0 aliphatic heterocycles. The van der Waals surface area contributed by atoms with Gasteiger partial charge in [0, 0.05) is 37.7 Å². The lowest BCUT2D eigenvalue weighted by atomic mass is 9.73. The first-order valence-electron chi connectivity index (χ1n) is 15.2. The molecular weight excluding hydrogens is 518 g/mol. The zero-order valence-electron chi connectivity index (χ0n) is 29.0. The molecule has 0 fully saturated rings. The molecule has 2 N–H and O–H groups in total. The smallest absolute Gasteiger partial charge is 0.204 e. The van der Waals surface area contributed by atoms with Crippen molar-refractivity contribution in [3.05, 3.63) is 31.4 Å². The summed E-state index contributed by atoms with van der Waals surface area (Å²) >= 11 is 5.22. The lowest BCUT2D eigenvalue weighted by molar-refractivity contribution is -0.117. The first-order valence-corrected chi connectivity index (χ1v) is 15.6. The van der Waals surface area contributed by atoms with Gasteiger partial charge in [-0.25, -0.2) is 0 Å². The van der Waals surface area contributed by atoms with Crippen molar-refractivity contribution >= 4 is 23.7 Å². The summed E-state index contributed by atoms with van der Waals surface area (Å²) in [7, 11) is 4.09. The third kappa shape index (κ3) is 16.1. The molecule has 2 rings (SSSR count). The van der Waals surface area contributed by atoms with Crippen LogP contribution in [0.15, 0.2) is 15.9 Å². The summed E-state index contributed by atoms with van der Waals surface area (Å²) in [4.78, 5) is 27.3. The van der Waals surface area contributed by atoms with Crippen LogP contribution >= 0.6 is 12.2 Å². The van der Waals surface area contributed by atoms with E-state index in [-0.39, 0.29) is 16.3 Å². The van der Waals surface area contributed by atoms with E-state index < -0.39 is 0 Å². The third-order valence-electron chi connectivity index (χ3n) is 5.69. The molecule has 1 aliphatic rings. The second kappa shape index (κ2) is 22.2. The van der Waals surface area contributed by atoms with Crippen LogP contribution in [0.25, 0.3) is 0 Å². The Bertz CT molecular complexity index is 915. The van der Waals surface area contributed by atoms with Gasteiger partial charge in [-0.2, -0.15) is 0 Å². The second-order valence-corrected chi connectivity index (χ2v) is 12.5. The Kier molecular flexibility index (Phi) is 23.9. The average Bonchev–Trinajstić information content (AvgIpc) is 2.82. The molecule has 6 nitrogen and oxygen atoms in total. The number of likely N-dealkylation sites (N-methyl/N-ethyl adjacent to an activating group) is 2. The Morgan fingerprint density at radius 1 is 0.875 bits per heavy atom. The highest BCUT2D eigenvalue weighted by molar-refractivity contribution is 7.71. The molecule has 0 bridgehead atoms. The van der Waals surface area contributed by atoms with E-state index in [1.165, 1.54) is 12.0 Å². The number of anilines is 1. The zero-order valence-corrected chi connectivity index (χ0v) is 29.8. The maximum atomic E-state index is 12.0. The topological polar surface area (TPSA) is 75.9 Å². The van der Waals surface area contributed by atoms with E-state index in [0.29, 0.717) is 23.3 Å². The number of rotatable bonds is 9. The van der Waals surface area contributed by atoms with Crippen LogP contribution in [0.3, 0.4) is 0 Å². The summed E-state index contributed by atoms with van der Waals surface area (Å²) in [5, 5.41) is 0. The van der Waals surface area contributed by atoms with Crippen molar-refractivity contribution in [2.24, 2.45) is 11.1 Å². The molecule has 0 saturated heterocycles. The third-order valence-corrected chi connectivity index (χ3v) is 6.07. The monoisotopic (exact) mass is 583 g/mol.